The van der Waals surface area contributed by atoms with Gasteiger partial charge in [-0.3, -0.25) is 0 Å². The summed E-state index contributed by atoms with van der Waals surface area (Å²) >= 11 is 6.17. The van der Waals surface area contributed by atoms with Gasteiger partial charge in [0, 0.05) is 5.38 Å². The molecule has 1 rings (SSSR count). The summed E-state index contributed by atoms with van der Waals surface area (Å²) in [5.41, 5.74) is 1.25. The Labute approximate surface area is 91.0 Å². The Morgan fingerprint density at radius 2 is 2.21 bits per heavy atom. The summed E-state index contributed by atoms with van der Waals surface area (Å²) in [6, 6.07) is 8.09. The summed E-state index contributed by atoms with van der Waals surface area (Å²) in [7, 11) is 1.68. The van der Waals surface area contributed by atoms with E-state index in [9.17, 15) is 0 Å². The molecule has 0 amide bonds. The lowest BCUT2D eigenvalue weighted by atomic mass is 10.1. The van der Waals surface area contributed by atoms with Crippen LogP contribution in [0, 0.1) is 0 Å². The third kappa shape index (κ3) is 3.59. The van der Waals surface area contributed by atoms with Crippen LogP contribution in [0.15, 0.2) is 24.3 Å². The maximum Gasteiger partial charge on any atom is 0.119 e. The molecular formula is C12H17ClO. The van der Waals surface area contributed by atoms with Crippen molar-refractivity contribution in [1.29, 1.82) is 0 Å². The molecule has 1 aromatic rings. The minimum Gasteiger partial charge on any atom is -0.497 e. The summed E-state index contributed by atoms with van der Waals surface area (Å²) in [4.78, 5) is 0. The maximum absolute atomic E-state index is 6.17. The van der Waals surface area contributed by atoms with Gasteiger partial charge in [0.05, 0.1) is 7.11 Å². The summed E-state index contributed by atoms with van der Waals surface area (Å²) in [6.45, 7) is 2.15. The van der Waals surface area contributed by atoms with E-state index in [-0.39, 0.29) is 5.38 Å². The highest BCUT2D eigenvalue weighted by molar-refractivity contribution is 6.20. The van der Waals surface area contributed by atoms with Crippen LogP contribution in [0.3, 0.4) is 0 Å². The van der Waals surface area contributed by atoms with E-state index >= 15 is 0 Å². The van der Waals surface area contributed by atoms with Gasteiger partial charge >= 0.3 is 0 Å². The minimum absolute atomic E-state index is 0.243. The highest BCUT2D eigenvalue weighted by Crippen LogP contribution is 2.17. The van der Waals surface area contributed by atoms with Crippen molar-refractivity contribution in [1.82, 2.24) is 0 Å². The van der Waals surface area contributed by atoms with E-state index in [1.165, 1.54) is 5.56 Å². The van der Waals surface area contributed by atoms with Gasteiger partial charge in [-0.1, -0.05) is 25.5 Å². The second-order valence-corrected chi connectivity index (χ2v) is 4.06. The topological polar surface area (TPSA) is 9.23 Å². The zero-order valence-corrected chi connectivity index (χ0v) is 9.55. The number of methoxy groups -OCH3 is 1. The Balaban J connectivity index is 2.57. The minimum atomic E-state index is 0.243. The Morgan fingerprint density at radius 3 is 2.86 bits per heavy atom. The van der Waals surface area contributed by atoms with Gasteiger partial charge in [0.15, 0.2) is 0 Å². The van der Waals surface area contributed by atoms with Crippen molar-refractivity contribution in [3.8, 4) is 5.75 Å². The second kappa shape index (κ2) is 5.92. The first kappa shape index (κ1) is 11.4. The Morgan fingerprint density at radius 1 is 1.43 bits per heavy atom. The summed E-state index contributed by atoms with van der Waals surface area (Å²) < 4.78 is 5.15. The number of alkyl halides is 1. The van der Waals surface area contributed by atoms with Gasteiger partial charge in [-0.25, -0.2) is 0 Å². The van der Waals surface area contributed by atoms with Gasteiger partial charge in [0.1, 0.15) is 5.75 Å². The average molecular weight is 213 g/mol. The Hall–Kier alpha value is -0.690. The fraction of sp³-hybridized carbons (Fsp3) is 0.500. The lowest BCUT2D eigenvalue weighted by Gasteiger charge is -2.08. The zero-order valence-electron chi connectivity index (χ0n) is 8.79. The van der Waals surface area contributed by atoms with Crippen LogP contribution >= 0.6 is 11.6 Å². The number of hydrogen-bond donors (Lipinski definition) is 0. The number of halogens is 1. The van der Waals surface area contributed by atoms with Crippen LogP contribution in [0.4, 0.5) is 0 Å². The first-order chi connectivity index (χ1) is 6.76. The maximum atomic E-state index is 6.17. The van der Waals surface area contributed by atoms with E-state index in [2.05, 4.69) is 13.0 Å². The predicted octanol–water partition coefficient (Wildman–Crippen LogP) is 3.65. The summed E-state index contributed by atoms with van der Waals surface area (Å²) in [5.74, 6) is 0.905. The number of hydrogen-bond acceptors (Lipinski definition) is 1. The molecule has 2 heteroatoms. The first-order valence-corrected chi connectivity index (χ1v) is 5.47. The smallest absolute Gasteiger partial charge is 0.119 e. The molecule has 0 aliphatic heterocycles. The molecule has 1 atom stereocenters. The molecule has 0 spiro atoms. The van der Waals surface area contributed by atoms with E-state index in [4.69, 9.17) is 16.3 Å². The molecule has 1 nitrogen and oxygen atoms in total. The van der Waals surface area contributed by atoms with Crippen LogP contribution in [0.2, 0.25) is 0 Å². The fourth-order valence-corrected chi connectivity index (χ4v) is 1.87. The van der Waals surface area contributed by atoms with Crippen molar-refractivity contribution in [2.45, 2.75) is 31.6 Å². The highest BCUT2D eigenvalue weighted by Gasteiger charge is 2.05. The monoisotopic (exact) mass is 212 g/mol. The second-order valence-electron chi connectivity index (χ2n) is 3.44. The van der Waals surface area contributed by atoms with Crippen LogP contribution in [-0.4, -0.2) is 12.5 Å². The van der Waals surface area contributed by atoms with Crippen LogP contribution in [0.5, 0.6) is 5.75 Å². The molecule has 0 aliphatic carbocycles. The van der Waals surface area contributed by atoms with Gasteiger partial charge in [0.25, 0.3) is 0 Å². The number of ether oxygens (including phenoxy) is 1. The molecule has 1 unspecified atom stereocenters. The molecule has 0 bridgehead atoms. The van der Waals surface area contributed by atoms with Crippen molar-refractivity contribution in [2.75, 3.05) is 7.11 Å². The zero-order chi connectivity index (χ0) is 10.4. The lowest BCUT2D eigenvalue weighted by Crippen LogP contribution is -2.02. The molecule has 14 heavy (non-hydrogen) atoms. The van der Waals surface area contributed by atoms with Gasteiger partial charge < -0.3 is 4.74 Å². The normalized spacial score (nSPS) is 12.5. The van der Waals surface area contributed by atoms with Crippen molar-refractivity contribution in [2.24, 2.45) is 0 Å². The van der Waals surface area contributed by atoms with Gasteiger partial charge in [-0.2, -0.15) is 0 Å². The van der Waals surface area contributed by atoms with E-state index < -0.39 is 0 Å². The molecule has 0 fully saturated rings. The van der Waals surface area contributed by atoms with Crippen molar-refractivity contribution < 1.29 is 4.74 Å². The van der Waals surface area contributed by atoms with E-state index in [1.54, 1.807) is 7.11 Å². The van der Waals surface area contributed by atoms with Crippen molar-refractivity contribution >= 4 is 11.6 Å². The SMILES string of the molecule is CCCC(Cl)Cc1cccc(OC)c1. The molecule has 0 saturated carbocycles. The Kier molecular flexibility index (Phi) is 4.81. The standard InChI is InChI=1S/C12H17ClO/c1-3-5-11(13)8-10-6-4-7-12(9-10)14-2/h4,6-7,9,11H,3,5,8H2,1-2H3. The van der Waals surface area contributed by atoms with Crippen LogP contribution in [-0.2, 0) is 6.42 Å². The number of rotatable bonds is 5. The molecule has 78 valence electrons. The Bertz CT molecular complexity index is 273. The van der Waals surface area contributed by atoms with E-state index in [1.807, 2.05) is 18.2 Å². The van der Waals surface area contributed by atoms with Gasteiger partial charge in [0.2, 0.25) is 0 Å². The molecule has 0 aromatic heterocycles. The highest BCUT2D eigenvalue weighted by atomic mass is 35.5. The van der Waals surface area contributed by atoms with E-state index in [0.29, 0.717) is 0 Å². The van der Waals surface area contributed by atoms with Crippen molar-refractivity contribution in [3.05, 3.63) is 29.8 Å². The largest absolute Gasteiger partial charge is 0.497 e. The fourth-order valence-electron chi connectivity index (χ4n) is 1.47. The van der Waals surface area contributed by atoms with Gasteiger partial charge in [-0.05, 0) is 30.5 Å². The molecule has 0 N–H and O–H groups in total. The van der Waals surface area contributed by atoms with Crippen LogP contribution in [0.1, 0.15) is 25.3 Å². The predicted molar refractivity (Wildman–Crippen MR) is 61.2 cm³/mol. The first-order valence-electron chi connectivity index (χ1n) is 5.03. The molecular weight excluding hydrogens is 196 g/mol. The summed E-state index contributed by atoms with van der Waals surface area (Å²) in [6.07, 6.45) is 3.13. The molecule has 0 saturated heterocycles. The van der Waals surface area contributed by atoms with E-state index in [0.717, 1.165) is 25.0 Å². The third-order valence-electron chi connectivity index (χ3n) is 2.19. The third-order valence-corrected chi connectivity index (χ3v) is 2.57. The van der Waals surface area contributed by atoms with Crippen LogP contribution in [0.25, 0.3) is 0 Å². The molecule has 0 aliphatic rings. The number of benzene rings is 1. The lowest BCUT2D eigenvalue weighted by molar-refractivity contribution is 0.414. The quantitative estimate of drug-likeness (QED) is 0.678. The summed E-state index contributed by atoms with van der Waals surface area (Å²) in [5, 5.41) is 0.243. The molecule has 0 radical (unpaired) electrons. The van der Waals surface area contributed by atoms with Crippen molar-refractivity contribution in [3.63, 3.8) is 0 Å². The molecule has 1 aromatic carbocycles. The average Bonchev–Trinajstić information content (AvgIpc) is 2.18. The van der Waals surface area contributed by atoms with Gasteiger partial charge in [-0.15, -0.1) is 11.6 Å². The molecule has 0 heterocycles. The van der Waals surface area contributed by atoms with Crippen LogP contribution < -0.4 is 4.74 Å².